The van der Waals surface area contributed by atoms with Gasteiger partial charge in [0.2, 0.25) is 0 Å². The molecule has 1 aliphatic rings. The Morgan fingerprint density at radius 3 is 2.00 bits per heavy atom. The topological polar surface area (TPSA) is 90.2 Å². The maximum atomic E-state index is 9.20. The van der Waals surface area contributed by atoms with Gasteiger partial charge in [-0.2, -0.15) is 0 Å². The number of hydrogen-bond donors (Lipinski definition) is 5. The predicted octanol–water partition coefficient (Wildman–Crippen LogP) is -8.05. The first-order valence-electron chi connectivity index (χ1n) is 3.56. The van der Waals surface area contributed by atoms with Crippen LogP contribution in [-0.2, 0) is 4.74 Å². The first-order valence-corrected chi connectivity index (χ1v) is 4.08. The standard InChI is InChI=1S/C6H12O5S.2Na.2H/c7-1-2-3(8)4(9)5(10)6(12)11-2;;;;/h2-10,12H,1H2;;;;/q;2*+1;2*-1/t2-,3-,4+,5-,6+;;;;/m1..../s1. The van der Waals surface area contributed by atoms with E-state index in [1.807, 2.05) is 0 Å². The van der Waals surface area contributed by atoms with Crippen molar-refractivity contribution in [2.75, 3.05) is 6.61 Å². The molecule has 14 heavy (non-hydrogen) atoms. The van der Waals surface area contributed by atoms with Crippen LogP contribution in [0.15, 0.2) is 0 Å². The summed E-state index contributed by atoms with van der Waals surface area (Å²) in [6, 6.07) is 0. The first-order chi connectivity index (χ1) is 5.57. The van der Waals surface area contributed by atoms with Gasteiger partial charge in [0.05, 0.1) is 6.61 Å². The maximum Gasteiger partial charge on any atom is 1.00 e. The summed E-state index contributed by atoms with van der Waals surface area (Å²) in [7, 11) is 0. The molecule has 8 heteroatoms. The van der Waals surface area contributed by atoms with E-state index in [0.717, 1.165) is 0 Å². The van der Waals surface area contributed by atoms with E-state index in [4.69, 9.17) is 14.9 Å². The Hall–Kier alpha value is 2.15. The van der Waals surface area contributed by atoms with Crippen molar-refractivity contribution >= 4 is 12.6 Å². The number of aliphatic hydroxyl groups excluding tert-OH is 4. The Morgan fingerprint density at radius 2 is 1.57 bits per heavy atom. The van der Waals surface area contributed by atoms with E-state index >= 15 is 0 Å². The second-order valence-corrected chi connectivity index (χ2v) is 3.23. The predicted molar refractivity (Wildman–Crippen MR) is 45.0 cm³/mol. The van der Waals surface area contributed by atoms with Crippen LogP contribution in [0.25, 0.3) is 0 Å². The van der Waals surface area contributed by atoms with Crippen LogP contribution < -0.4 is 59.1 Å². The summed E-state index contributed by atoms with van der Waals surface area (Å²) < 4.78 is 4.88. The summed E-state index contributed by atoms with van der Waals surface area (Å²) in [4.78, 5) is 0. The van der Waals surface area contributed by atoms with Gasteiger partial charge in [-0.05, 0) is 0 Å². The Bertz CT molecular complexity index is 167. The van der Waals surface area contributed by atoms with Gasteiger partial charge in [-0.15, -0.1) is 12.6 Å². The van der Waals surface area contributed by atoms with E-state index in [0.29, 0.717) is 0 Å². The van der Waals surface area contributed by atoms with E-state index in [9.17, 15) is 10.2 Å². The van der Waals surface area contributed by atoms with Gasteiger partial charge in [0.25, 0.3) is 0 Å². The van der Waals surface area contributed by atoms with Crippen molar-refractivity contribution in [2.45, 2.75) is 29.9 Å². The van der Waals surface area contributed by atoms with Gasteiger partial charge in [-0.3, -0.25) is 0 Å². The Balaban J connectivity index is -0.000000180. The zero-order chi connectivity index (χ0) is 9.30. The fourth-order valence-corrected chi connectivity index (χ4v) is 1.41. The fourth-order valence-electron chi connectivity index (χ4n) is 1.08. The van der Waals surface area contributed by atoms with Crippen LogP contribution >= 0.6 is 12.6 Å². The van der Waals surface area contributed by atoms with E-state index in [2.05, 4.69) is 12.6 Å². The smallest absolute Gasteiger partial charge is 1.00 e. The molecule has 0 unspecified atom stereocenters. The zero-order valence-corrected chi connectivity index (χ0v) is 13.1. The monoisotopic (exact) mass is 244 g/mol. The number of thiol groups is 1. The van der Waals surface area contributed by atoms with Crippen molar-refractivity contribution < 1.29 is 87.1 Å². The fraction of sp³-hybridized carbons (Fsp3) is 1.00. The molecule has 0 bridgehead atoms. The third-order valence-electron chi connectivity index (χ3n) is 1.87. The third kappa shape index (κ3) is 4.20. The molecule has 0 aromatic carbocycles. The second-order valence-electron chi connectivity index (χ2n) is 2.72. The van der Waals surface area contributed by atoms with Crippen LogP contribution in [0.2, 0.25) is 0 Å². The normalized spacial score (nSPS) is 42.2. The van der Waals surface area contributed by atoms with Gasteiger partial charge in [0, 0.05) is 0 Å². The Labute approximate surface area is 135 Å². The molecule has 0 aromatic rings. The molecule has 0 amide bonds. The van der Waals surface area contributed by atoms with Crippen molar-refractivity contribution in [1.82, 2.24) is 0 Å². The molecule has 5 nitrogen and oxygen atoms in total. The molecule has 76 valence electrons. The largest absolute Gasteiger partial charge is 1.00 e. The van der Waals surface area contributed by atoms with Crippen LogP contribution in [0, 0.1) is 0 Å². The van der Waals surface area contributed by atoms with Crippen LogP contribution in [0.4, 0.5) is 0 Å². The Morgan fingerprint density at radius 1 is 1.07 bits per heavy atom. The SMILES string of the molecule is OC[C@H]1O[C@@H](S)[C@H](O)[C@@H](O)[C@@H]1O.[H-].[H-].[Na+].[Na+]. The summed E-state index contributed by atoms with van der Waals surface area (Å²) >= 11 is 3.81. The Kier molecular flexibility index (Phi) is 10.9. The molecule has 1 aliphatic heterocycles. The van der Waals surface area contributed by atoms with Gasteiger partial charge in [0.1, 0.15) is 29.9 Å². The minimum atomic E-state index is -1.32. The molecule has 1 saturated heterocycles. The quantitative estimate of drug-likeness (QED) is 0.233. The van der Waals surface area contributed by atoms with Crippen molar-refractivity contribution in [1.29, 1.82) is 0 Å². The molecule has 4 N–H and O–H groups in total. The van der Waals surface area contributed by atoms with Gasteiger partial charge in [-0.25, -0.2) is 0 Å². The number of rotatable bonds is 1. The zero-order valence-electron chi connectivity index (χ0n) is 10.2. The molecule has 0 spiro atoms. The summed E-state index contributed by atoms with van der Waals surface area (Å²) in [5.74, 6) is 0. The molecule has 1 fully saturated rings. The van der Waals surface area contributed by atoms with Crippen LogP contribution in [0.5, 0.6) is 0 Å². The maximum absolute atomic E-state index is 9.20. The molecule has 1 heterocycles. The van der Waals surface area contributed by atoms with Gasteiger partial charge < -0.3 is 28.0 Å². The number of hydrogen-bond acceptors (Lipinski definition) is 6. The van der Waals surface area contributed by atoms with E-state index in [-0.39, 0.29) is 62.0 Å². The van der Waals surface area contributed by atoms with E-state index in [1.54, 1.807) is 0 Å². The average molecular weight is 244 g/mol. The van der Waals surface area contributed by atoms with Crippen molar-refractivity contribution in [3.05, 3.63) is 0 Å². The summed E-state index contributed by atoms with van der Waals surface area (Å²) in [6.45, 7) is -0.415. The molecule has 1 rings (SSSR count). The van der Waals surface area contributed by atoms with Crippen molar-refractivity contribution in [2.24, 2.45) is 0 Å². The molecule has 5 atom stereocenters. The van der Waals surface area contributed by atoms with Gasteiger partial charge in [-0.1, -0.05) is 0 Å². The molecular formula is C6H14Na2O5S. The van der Waals surface area contributed by atoms with E-state index < -0.39 is 36.5 Å². The average Bonchev–Trinajstić information content (AvgIpc) is 2.08. The summed E-state index contributed by atoms with van der Waals surface area (Å²) in [5.41, 5.74) is -0.874. The van der Waals surface area contributed by atoms with Gasteiger partial charge >= 0.3 is 59.1 Å². The summed E-state index contributed by atoms with van der Waals surface area (Å²) in [6.07, 6.45) is -4.70. The molecule has 0 aromatic heterocycles. The molecule has 0 aliphatic carbocycles. The number of aliphatic hydroxyl groups is 4. The third-order valence-corrected chi connectivity index (χ3v) is 2.29. The van der Waals surface area contributed by atoms with Crippen LogP contribution in [0.3, 0.4) is 0 Å². The number of ether oxygens (including phenoxy) is 1. The minimum Gasteiger partial charge on any atom is -1.00 e. The summed E-state index contributed by atoms with van der Waals surface area (Å²) in [5, 5.41) is 36.2. The van der Waals surface area contributed by atoms with E-state index in [1.165, 1.54) is 0 Å². The van der Waals surface area contributed by atoms with Crippen LogP contribution in [0.1, 0.15) is 2.85 Å². The second kappa shape index (κ2) is 8.27. The minimum absolute atomic E-state index is 0. The molecular weight excluding hydrogens is 230 g/mol. The molecule has 0 saturated carbocycles. The van der Waals surface area contributed by atoms with Crippen molar-refractivity contribution in [3.63, 3.8) is 0 Å². The molecule has 0 radical (unpaired) electrons. The van der Waals surface area contributed by atoms with Crippen molar-refractivity contribution in [3.8, 4) is 0 Å². The van der Waals surface area contributed by atoms with Gasteiger partial charge in [0.15, 0.2) is 0 Å². The van der Waals surface area contributed by atoms with Crippen LogP contribution in [-0.4, -0.2) is 56.9 Å². The first kappa shape index (κ1) is 18.5.